The molecule has 0 fully saturated rings. The van der Waals surface area contributed by atoms with E-state index in [0.717, 1.165) is 21.9 Å². The minimum atomic E-state index is -5.05. The molecule has 0 bridgehead atoms. The van der Waals surface area contributed by atoms with Crippen LogP contribution in [0.3, 0.4) is 0 Å². The Morgan fingerprint density at radius 1 is 1.00 bits per heavy atom. The molecule has 0 unspecified atom stereocenters. The third kappa shape index (κ3) is 4.69. The number of aromatic amines is 1. The number of nitrogens with zero attached hydrogens (tertiary/aromatic N) is 2. The van der Waals surface area contributed by atoms with Crippen LogP contribution in [0.15, 0.2) is 36.8 Å². The average molecular weight is 347 g/mol. The molecule has 3 aromatic rings. The standard InChI is InChI=1S/C10H7N3.H4O7P2/c1-2-7-3-4-8-10(13-6-12-8)9(7)11-5-1;1-8(2,3)7-9(4,5)6/h1-6H,(H,12,13);(H2,1,2,3)(H2,4,5,6). The van der Waals surface area contributed by atoms with Crippen molar-refractivity contribution in [1.29, 1.82) is 0 Å². The Bertz CT molecular complexity index is 864. The van der Waals surface area contributed by atoms with Crippen LogP contribution in [-0.2, 0) is 13.4 Å². The SMILES string of the molecule is O=P(O)(O)OP(=O)(O)O.c1cnc2c(c1)ccc1nc[nH]c12. The fourth-order valence-corrected chi connectivity index (χ4v) is 2.80. The van der Waals surface area contributed by atoms with Crippen LogP contribution in [0.4, 0.5) is 0 Å². The largest absolute Gasteiger partial charge is 0.478 e. The second-order valence-electron chi connectivity index (χ2n) is 4.00. The van der Waals surface area contributed by atoms with E-state index in [4.69, 9.17) is 19.6 Å². The van der Waals surface area contributed by atoms with E-state index in [0.29, 0.717) is 0 Å². The van der Waals surface area contributed by atoms with Crippen LogP contribution in [0, 0.1) is 0 Å². The third-order valence-electron chi connectivity index (χ3n) is 2.38. The van der Waals surface area contributed by atoms with Crippen LogP contribution in [0.1, 0.15) is 0 Å². The van der Waals surface area contributed by atoms with Gasteiger partial charge in [0.25, 0.3) is 0 Å². The molecule has 3 rings (SSSR count). The molecule has 0 amide bonds. The molecule has 22 heavy (non-hydrogen) atoms. The van der Waals surface area contributed by atoms with Gasteiger partial charge in [0.05, 0.1) is 22.9 Å². The zero-order chi connectivity index (χ0) is 16.4. The lowest BCUT2D eigenvalue weighted by Crippen LogP contribution is -1.84. The molecule has 0 radical (unpaired) electrons. The first-order chi connectivity index (χ1) is 10.2. The Hall–Kier alpha value is -1.64. The normalized spacial score (nSPS) is 12.2. The summed E-state index contributed by atoms with van der Waals surface area (Å²) in [5.41, 5.74) is 2.96. The zero-order valence-electron chi connectivity index (χ0n) is 10.8. The number of H-pyrrole nitrogens is 1. The summed E-state index contributed by atoms with van der Waals surface area (Å²) in [5.74, 6) is 0. The molecule has 10 nitrogen and oxygen atoms in total. The van der Waals surface area contributed by atoms with Gasteiger partial charge in [-0.05, 0) is 12.1 Å². The smallest absolute Gasteiger partial charge is 0.343 e. The van der Waals surface area contributed by atoms with Crippen molar-refractivity contribution in [2.24, 2.45) is 0 Å². The maximum Gasteiger partial charge on any atom is 0.478 e. The number of nitrogens with one attached hydrogen (secondary N) is 1. The van der Waals surface area contributed by atoms with E-state index in [-0.39, 0.29) is 0 Å². The molecule has 0 saturated heterocycles. The van der Waals surface area contributed by atoms with Gasteiger partial charge in [-0.3, -0.25) is 4.98 Å². The summed E-state index contributed by atoms with van der Waals surface area (Å²) in [6, 6.07) is 8.01. The van der Waals surface area contributed by atoms with Crippen LogP contribution in [0.25, 0.3) is 21.9 Å². The van der Waals surface area contributed by atoms with Gasteiger partial charge in [0.1, 0.15) is 0 Å². The van der Waals surface area contributed by atoms with Crippen LogP contribution >= 0.6 is 15.6 Å². The second-order valence-corrected chi connectivity index (χ2v) is 6.62. The molecule has 0 atom stereocenters. The van der Waals surface area contributed by atoms with Gasteiger partial charge in [0.2, 0.25) is 0 Å². The van der Waals surface area contributed by atoms with Gasteiger partial charge in [-0.1, -0.05) is 12.1 Å². The maximum absolute atomic E-state index is 9.63. The van der Waals surface area contributed by atoms with Crippen LogP contribution in [-0.4, -0.2) is 34.5 Å². The molecule has 2 heterocycles. The number of fused-ring (bicyclic) bond motifs is 3. The van der Waals surface area contributed by atoms with E-state index in [1.54, 1.807) is 12.5 Å². The summed E-state index contributed by atoms with van der Waals surface area (Å²) in [6.07, 6.45) is 3.49. The number of hydrogen-bond donors (Lipinski definition) is 5. The van der Waals surface area contributed by atoms with Gasteiger partial charge < -0.3 is 24.6 Å². The van der Waals surface area contributed by atoms with Crippen molar-refractivity contribution in [1.82, 2.24) is 15.0 Å². The highest BCUT2D eigenvalue weighted by molar-refractivity contribution is 7.60. The quantitative estimate of drug-likeness (QED) is 0.429. The molecule has 0 aliphatic heterocycles. The predicted molar refractivity (Wildman–Crippen MR) is 76.6 cm³/mol. The summed E-state index contributed by atoms with van der Waals surface area (Å²) in [6.45, 7) is 0. The van der Waals surface area contributed by atoms with Gasteiger partial charge in [-0.25, -0.2) is 14.1 Å². The lowest BCUT2D eigenvalue weighted by molar-refractivity contribution is 0.225. The Balaban J connectivity index is 0.000000175. The van der Waals surface area contributed by atoms with Crippen molar-refractivity contribution in [2.75, 3.05) is 0 Å². The monoisotopic (exact) mass is 347 g/mol. The Morgan fingerprint density at radius 2 is 1.68 bits per heavy atom. The van der Waals surface area contributed by atoms with E-state index in [1.165, 1.54) is 0 Å². The lowest BCUT2D eigenvalue weighted by atomic mass is 10.2. The third-order valence-corrected chi connectivity index (χ3v) is 4.08. The van der Waals surface area contributed by atoms with Gasteiger partial charge in [0, 0.05) is 11.6 Å². The van der Waals surface area contributed by atoms with E-state index in [1.807, 2.05) is 24.3 Å². The molecule has 118 valence electrons. The fourth-order valence-electron chi connectivity index (χ4n) is 1.69. The van der Waals surface area contributed by atoms with Crippen LogP contribution in [0.2, 0.25) is 0 Å². The first-order valence-corrected chi connectivity index (χ1v) is 8.71. The number of benzene rings is 1. The molecule has 0 aliphatic carbocycles. The molecule has 5 N–H and O–H groups in total. The van der Waals surface area contributed by atoms with Gasteiger partial charge in [-0.15, -0.1) is 0 Å². The molecular formula is C10H11N3O7P2. The van der Waals surface area contributed by atoms with Gasteiger partial charge in [0.15, 0.2) is 0 Å². The zero-order valence-corrected chi connectivity index (χ0v) is 12.6. The number of hydrogen-bond acceptors (Lipinski definition) is 5. The van der Waals surface area contributed by atoms with Crippen molar-refractivity contribution in [3.8, 4) is 0 Å². The minimum Gasteiger partial charge on any atom is -0.343 e. The molecule has 0 aliphatic rings. The predicted octanol–water partition coefficient (Wildman–Crippen LogP) is 1.30. The molecule has 0 spiro atoms. The van der Waals surface area contributed by atoms with E-state index in [2.05, 4.69) is 19.3 Å². The van der Waals surface area contributed by atoms with E-state index >= 15 is 0 Å². The first-order valence-electron chi connectivity index (χ1n) is 5.65. The van der Waals surface area contributed by atoms with Crippen LogP contribution < -0.4 is 0 Å². The number of rotatable bonds is 2. The molecule has 2 aromatic heterocycles. The Morgan fingerprint density at radius 3 is 2.27 bits per heavy atom. The van der Waals surface area contributed by atoms with Crippen molar-refractivity contribution in [3.63, 3.8) is 0 Å². The highest BCUT2D eigenvalue weighted by atomic mass is 31.3. The van der Waals surface area contributed by atoms with Gasteiger partial charge >= 0.3 is 15.6 Å². The summed E-state index contributed by atoms with van der Waals surface area (Å²) in [7, 11) is -10.1. The number of imidazole rings is 1. The van der Waals surface area contributed by atoms with Gasteiger partial charge in [-0.2, -0.15) is 4.31 Å². The summed E-state index contributed by atoms with van der Waals surface area (Å²) in [4.78, 5) is 42.6. The second kappa shape index (κ2) is 6.23. The number of aromatic nitrogens is 3. The molecular weight excluding hydrogens is 336 g/mol. The maximum atomic E-state index is 9.63. The van der Waals surface area contributed by atoms with E-state index in [9.17, 15) is 9.13 Å². The van der Waals surface area contributed by atoms with Crippen molar-refractivity contribution >= 4 is 37.6 Å². The topological polar surface area (TPSA) is 166 Å². The van der Waals surface area contributed by atoms with Crippen molar-refractivity contribution in [2.45, 2.75) is 0 Å². The molecule has 1 aromatic carbocycles. The van der Waals surface area contributed by atoms with Crippen molar-refractivity contribution < 1.29 is 33.0 Å². The highest BCUT2D eigenvalue weighted by Crippen LogP contribution is 2.53. The van der Waals surface area contributed by atoms with Crippen molar-refractivity contribution in [3.05, 3.63) is 36.8 Å². The fraction of sp³-hybridized carbons (Fsp3) is 0. The Labute approximate surface area is 123 Å². The first kappa shape index (κ1) is 16.7. The highest BCUT2D eigenvalue weighted by Gasteiger charge is 2.27. The summed E-state index contributed by atoms with van der Waals surface area (Å²) < 4.78 is 22.2. The number of pyridine rings is 1. The van der Waals surface area contributed by atoms with E-state index < -0.39 is 15.6 Å². The Kier molecular flexibility index (Phi) is 4.74. The lowest BCUT2D eigenvalue weighted by Gasteiger charge is -2.03. The van der Waals surface area contributed by atoms with Crippen LogP contribution in [0.5, 0.6) is 0 Å². The molecule has 0 saturated carbocycles. The molecule has 12 heteroatoms. The summed E-state index contributed by atoms with van der Waals surface area (Å²) >= 11 is 0. The number of phosphoric acid groups is 2. The minimum absolute atomic E-state index is 0.964. The summed E-state index contributed by atoms with van der Waals surface area (Å²) in [5, 5.41) is 1.14. The average Bonchev–Trinajstić information content (AvgIpc) is 2.83.